The van der Waals surface area contributed by atoms with Gasteiger partial charge in [0.05, 0.1) is 23.8 Å². The van der Waals surface area contributed by atoms with Gasteiger partial charge in [0.25, 0.3) is 17.7 Å². The number of benzene rings is 2. The molecule has 0 saturated carbocycles. The van der Waals surface area contributed by atoms with E-state index in [0.29, 0.717) is 29.0 Å². The summed E-state index contributed by atoms with van der Waals surface area (Å²) in [7, 11) is 0. The molecule has 4 rings (SSSR count). The molecule has 0 aromatic heterocycles. The van der Waals surface area contributed by atoms with Gasteiger partial charge in [-0.2, -0.15) is 0 Å². The number of fused-ring (bicyclic) bond motifs is 1. The molecule has 1 saturated heterocycles. The number of rotatable bonds is 4. The molecular formula is C20H18N2O4. The van der Waals surface area contributed by atoms with Crippen LogP contribution in [-0.4, -0.2) is 41.9 Å². The van der Waals surface area contributed by atoms with Crippen molar-refractivity contribution in [3.05, 3.63) is 65.2 Å². The highest BCUT2D eigenvalue weighted by Crippen LogP contribution is 2.27. The van der Waals surface area contributed by atoms with Crippen molar-refractivity contribution in [3.8, 4) is 0 Å². The van der Waals surface area contributed by atoms with E-state index in [9.17, 15) is 14.4 Å². The van der Waals surface area contributed by atoms with Crippen molar-refractivity contribution in [3.63, 3.8) is 0 Å². The van der Waals surface area contributed by atoms with Crippen LogP contribution in [0.5, 0.6) is 0 Å². The Bertz CT molecular complexity index is 873. The molecule has 0 bridgehead atoms. The lowest BCUT2D eigenvalue weighted by atomic mass is 10.1. The van der Waals surface area contributed by atoms with Gasteiger partial charge in [0.1, 0.15) is 0 Å². The fourth-order valence-corrected chi connectivity index (χ4v) is 3.32. The van der Waals surface area contributed by atoms with Crippen LogP contribution in [0.2, 0.25) is 0 Å². The van der Waals surface area contributed by atoms with Crippen LogP contribution in [-0.2, 0) is 4.74 Å². The van der Waals surface area contributed by atoms with Crippen LogP contribution in [0.4, 0.5) is 5.69 Å². The minimum absolute atomic E-state index is 0.0885. The van der Waals surface area contributed by atoms with E-state index in [-0.39, 0.29) is 30.4 Å². The molecular weight excluding hydrogens is 332 g/mol. The summed E-state index contributed by atoms with van der Waals surface area (Å²) in [6, 6.07) is 13.6. The second kappa shape index (κ2) is 6.72. The molecule has 6 heteroatoms. The summed E-state index contributed by atoms with van der Waals surface area (Å²) in [6.45, 7) is 0.946. The quantitative estimate of drug-likeness (QED) is 0.860. The number of nitrogens with zero attached hydrogens (tertiary/aromatic N) is 1. The standard InChI is InChI=1S/C20H18N2O4/c23-18(13-5-2-1-3-6-13)21-14-8-9-16-17(11-14)20(25)22(19(16)24)12-15-7-4-10-26-15/h1-3,5-6,8-9,11,15H,4,7,10,12H2,(H,21,23). The Morgan fingerprint density at radius 2 is 1.85 bits per heavy atom. The minimum Gasteiger partial charge on any atom is -0.376 e. The molecule has 1 fully saturated rings. The van der Waals surface area contributed by atoms with Crippen molar-refractivity contribution >= 4 is 23.4 Å². The van der Waals surface area contributed by atoms with Crippen molar-refractivity contribution in [1.29, 1.82) is 0 Å². The van der Waals surface area contributed by atoms with Crippen molar-refractivity contribution in [1.82, 2.24) is 4.90 Å². The maximum Gasteiger partial charge on any atom is 0.261 e. The zero-order valence-electron chi connectivity index (χ0n) is 14.1. The Hall–Kier alpha value is -2.99. The van der Waals surface area contributed by atoms with Gasteiger partial charge in [0.2, 0.25) is 0 Å². The molecule has 3 amide bonds. The normalized spacial score (nSPS) is 18.9. The number of nitrogens with one attached hydrogen (secondary N) is 1. The highest BCUT2D eigenvalue weighted by molar-refractivity contribution is 6.22. The van der Waals surface area contributed by atoms with E-state index in [2.05, 4.69) is 5.32 Å². The second-order valence-corrected chi connectivity index (χ2v) is 6.44. The minimum atomic E-state index is -0.337. The fraction of sp³-hybridized carbons (Fsp3) is 0.250. The second-order valence-electron chi connectivity index (χ2n) is 6.44. The zero-order valence-corrected chi connectivity index (χ0v) is 14.1. The van der Waals surface area contributed by atoms with Crippen LogP contribution in [0.3, 0.4) is 0 Å². The van der Waals surface area contributed by atoms with Crippen molar-refractivity contribution in [2.24, 2.45) is 0 Å². The van der Waals surface area contributed by atoms with Crippen molar-refractivity contribution < 1.29 is 19.1 Å². The predicted octanol–water partition coefficient (Wildman–Crippen LogP) is 2.71. The van der Waals surface area contributed by atoms with E-state index in [1.165, 1.54) is 4.90 Å². The Kier molecular flexibility index (Phi) is 4.26. The maximum atomic E-state index is 12.6. The number of carbonyl (C=O) groups is 3. The van der Waals surface area contributed by atoms with Crippen LogP contribution < -0.4 is 5.32 Å². The molecule has 2 heterocycles. The maximum absolute atomic E-state index is 12.6. The lowest BCUT2D eigenvalue weighted by Gasteiger charge is -2.17. The van der Waals surface area contributed by atoms with Gasteiger partial charge in [-0.1, -0.05) is 18.2 Å². The van der Waals surface area contributed by atoms with Gasteiger partial charge >= 0.3 is 0 Å². The van der Waals surface area contributed by atoms with Gasteiger partial charge in [-0.05, 0) is 43.2 Å². The van der Waals surface area contributed by atoms with E-state index in [4.69, 9.17) is 4.74 Å². The van der Waals surface area contributed by atoms with Gasteiger partial charge in [-0.15, -0.1) is 0 Å². The SMILES string of the molecule is O=C(Nc1ccc2c(c1)C(=O)N(CC1CCCO1)C2=O)c1ccccc1. The first-order valence-corrected chi connectivity index (χ1v) is 8.62. The van der Waals surface area contributed by atoms with Crippen LogP contribution in [0.1, 0.15) is 43.9 Å². The first kappa shape index (κ1) is 16.5. The Morgan fingerprint density at radius 3 is 2.58 bits per heavy atom. The Morgan fingerprint density at radius 1 is 1.08 bits per heavy atom. The van der Waals surface area contributed by atoms with E-state index in [0.717, 1.165) is 12.8 Å². The summed E-state index contributed by atoms with van der Waals surface area (Å²) in [4.78, 5) is 38.7. The fourth-order valence-electron chi connectivity index (χ4n) is 3.32. The summed E-state index contributed by atoms with van der Waals surface area (Å²) in [5.41, 5.74) is 1.69. The molecule has 0 spiro atoms. The Labute approximate surface area is 150 Å². The molecule has 0 aliphatic carbocycles. The number of carbonyl (C=O) groups excluding carboxylic acids is 3. The van der Waals surface area contributed by atoms with Crippen molar-refractivity contribution in [2.75, 3.05) is 18.5 Å². The van der Waals surface area contributed by atoms with Crippen LogP contribution >= 0.6 is 0 Å². The predicted molar refractivity (Wildman–Crippen MR) is 95.2 cm³/mol. The molecule has 132 valence electrons. The van der Waals surface area contributed by atoms with E-state index in [1.54, 1.807) is 42.5 Å². The zero-order chi connectivity index (χ0) is 18.1. The third-order valence-electron chi connectivity index (χ3n) is 4.67. The summed E-state index contributed by atoms with van der Waals surface area (Å²) < 4.78 is 5.53. The van der Waals surface area contributed by atoms with Crippen LogP contribution in [0.25, 0.3) is 0 Å². The third kappa shape index (κ3) is 2.99. The van der Waals surface area contributed by atoms with Crippen LogP contribution in [0.15, 0.2) is 48.5 Å². The number of hydrogen-bond donors (Lipinski definition) is 1. The molecule has 6 nitrogen and oxygen atoms in total. The average molecular weight is 350 g/mol. The lowest BCUT2D eigenvalue weighted by Crippen LogP contribution is -2.36. The number of imide groups is 1. The first-order chi connectivity index (χ1) is 12.6. The Balaban J connectivity index is 1.53. The highest BCUT2D eigenvalue weighted by Gasteiger charge is 2.37. The highest BCUT2D eigenvalue weighted by atomic mass is 16.5. The molecule has 1 unspecified atom stereocenters. The largest absolute Gasteiger partial charge is 0.376 e. The molecule has 2 aromatic rings. The lowest BCUT2D eigenvalue weighted by molar-refractivity contribution is 0.0475. The third-order valence-corrected chi connectivity index (χ3v) is 4.67. The van der Waals surface area contributed by atoms with Gasteiger partial charge in [0, 0.05) is 17.9 Å². The van der Waals surface area contributed by atoms with E-state index >= 15 is 0 Å². The number of anilines is 1. The molecule has 26 heavy (non-hydrogen) atoms. The molecule has 1 atom stereocenters. The molecule has 0 radical (unpaired) electrons. The monoisotopic (exact) mass is 350 g/mol. The number of amides is 3. The first-order valence-electron chi connectivity index (χ1n) is 8.62. The van der Waals surface area contributed by atoms with Crippen molar-refractivity contribution in [2.45, 2.75) is 18.9 Å². The van der Waals surface area contributed by atoms with E-state index < -0.39 is 0 Å². The number of hydrogen-bond acceptors (Lipinski definition) is 4. The smallest absolute Gasteiger partial charge is 0.261 e. The van der Waals surface area contributed by atoms with E-state index in [1.807, 2.05) is 6.07 Å². The summed E-state index contributed by atoms with van der Waals surface area (Å²) >= 11 is 0. The molecule has 2 aromatic carbocycles. The van der Waals surface area contributed by atoms with Gasteiger partial charge < -0.3 is 10.1 Å². The molecule has 1 N–H and O–H groups in total. The number of ether oxygens (including phenoxy) is 1. The van der Waals surface area contributed by atoms with Crippen LogP contribution in [0, 0.1) is 0 Å². The average Bonchev–Trinajstić information content (AvgIpc) is 3.26. The summed E-state index contributed by atoms with van der Waals surface area (Å²) in [6.07, 6.45) is 1.71. The molecule has 2 aliphatic rings. The topological polar surface area (TPSA) is 75.7 Å². The molecule has 2 aliphatic heterocycles. The van der Waals surface area contributed by atoms with Gasteiger partial charge in [-0.25, -0.2) is 0 Å². The summed E-state index contributed by atoms with van der Waals surface area (Å²) in [5.74, 6) is -0.906. The summed E-state index contributed by atoms with van der Waals surface area (Å²) in [5, 5.41) is 2.77. The van der Waals surface area contributed by atoms with Gasteiger partial charge in [-0.3, -0.25) is 19.3 Å². The van der Waals surface area contributed by atoms with Gasteiger partial charge in [0.15, 0.2) is 0 Å².